The van der Waals surface area contributed by atoms with Crippen LogP contribution >= 0.6 is 0 Å². The minimum Gasteiger partial charge on any atom is -0.479 e. The number of carboxylic acid groups (broad SMARTS) is 1. The van der Waals surface area contributed by atoms with Gasteiger partial charge in [-0.15, -0.1) is 0 Å². The fourth-order valence-corrected chi connectivity index (χ4v) is 3.45. The lowest BCUT2D eigenvalue weighted by molar-refractivity contribution is -0.138. The average Bonchev–Trinajstić information content (AvgIpc) is 3.25. The second kappa shape index (κ2) is 7.64. The standard InChI is InChI=1S/C21H20N4O3/c26-20-16(14-22-18(21(27)28)15-8-2-1-3-9-15)19(24-11-6-7-12-24)23-17-10-4-5-13-25(17)20/h1-5,8-10,13-14,18H,6-7,11-12H2,(H,27,28)/t18-/m1/s1. The van der Waals surface area contributed by atoms with Crippen molar-refractivity contribution in [2.75, 3.05) is 18.0 Å². The molecule has 0 bridgehead atoms. The third-order valence-electron chi connectivity index (χ3n) is 4.86. The van der Waals surface area contributed by atoms with Crippen LogP contribution in [0.5, 0.6) is 0 Å². The normalized spacial score (nSPS) is 15.4. The molecule has 0 aliphatic carbocycles. The number of nitrogens with zero attached hydrogens (tertiary/aromatic N) is 4. The molecule has 7 nitrogen and oxygen atoms in total. The summed E-state index contributed by atoms with van der Waals surface area (Å²) < 4.78 is 1.46. The molecule has 1 fully saturated rings. The van der Waals surface area contributed by atoms with Gasteiger partial charge in [-0.1, -0.05) is 36.4 Å². The number of fused-ring (bicyclic) bond motifs is 1. The number of hydrogen-bond acceptors (Lipinski definition) is 5. The predicted octanol–water partition coefficient (Wildman–Crippen LogP) is 2.54. The summed E-state index contributed by atoms with van der Waals surface area (Å²) in [6, 6.07) is 13.1. The highest BCUT2D eigenvalue weighted by Crippen LogP contribution is 2.22. The molecule has 1 aromatic carbocycles. The van der Waals surface area contributed by atoms with Crippen LogP contribution in [0.1, 0.15) is 30.0 Å². The SMILES string of the molecule is O=C(O)[C@H](N=Cc1c(N2CCCC2)nc2ccccn2c1=O)c1ccccc1. The minimum absolute atomic E-state index is 0.256. The average molecular weight is 376 g/mol. The van der Waals surface area contributed by atoms with Crippen LogP contribution in [-0.2, 0) is 4.79 Å². The molecule has 0 radical (unpaired) electrons. The van der Waals surface area contributed by atoms with Crippen LogP contribution in [0.25, 0.3) is 5.65 Å². The van der Waals surface area contributed by atoms with Crippen molar-refractivity contribution in [2.24, 2.45) is 4.99 Å². The van der Waals surface area contributed by atoms with Crippen molar-refractivity contribution in [2.45, 2.75) is 18.9 Å². The lowest BCUT2D eigenvalue weighted by Gasteiger charge is -2.19. The first-order valence-corrected chi connectivity index (χ1v) is 9.22. The van der Waals surface area contributed by atoms with Crippen molar-refractivity contribution in [3.8, 4) is 0 Å². The Labute approximate surface area is 161 Å². The number of anilines is 1. The molecule has 28 heavy (non-hydrogen) atoms. The van der Waals surface area contributed by atoms with Crippen molar-refractivity contribution in [1.82, 2.24) is 9.38 Å². The number of carboxylic acids is 1. The zero-order chi connectivity index (χ0) is 19.5. The summed E-state index contributed by atoms with van der Waals surface area (Å²) >= 11 is 0. The van der Waals surface area contributed by atoms with Gasteiger partial charge < -0.3 is 10.0 Å². The van der Waals surface area contributed by atoms with Gasteiger partial charge >= 0.3 is 5.97 Å². The first kappa shape index (κ1) is 17.9. The Morgan fingerprint density at radius 1 is 1.11 bits per heavy atom. The van der Waals surface area contributed by atoms with E-state index in [2.05, 4.69) is 14.9 Å². The summed E-state index contributed by atoms with van der Waals surface area (Å²) in [6.07, 6.45) is 5.10. The fourth-order valence-electron chi connectivity index (χ4n) is 3.45. The van der Waals surface area contributed by atoms with Crippen LogP contribution in [-0.4, -0.2) is 39.8 Å². The number of aliphatic carboxylic acids is 1. The maximum atomic E-state index is 13.1. The smallest absolute Gasteiger partial charge is 0.333 e. The van der Waals surface area contributed by atoms with Crippen LogP contribution in [0.4, 0.5) is 5.82 Å². The molecule has 1 saturated heterocycles. The van der Waals surface area contributed by atoms with Crippen LogP contribution in [0.3, 0.4) is 0 Å². The Hall–Kier alpha value is -3.48. The summed E-state index contributed by atoms with van der Waals surface area (Å²) in [5.74, 6) is -0.506. The first-order valence-electron chi connectivity index (χ1n) is 9.22. The lowest BCUT2D eigenvalue weighted by atomic mass is 10.1. The summed E-state index contributed by atoms with van der Waals surface area (Å²) in [5.41, 5.74) is 1.17. The molecule has 0 amide bonds. The molecule has 1 atom stereocenters. The molecule has 0 saturated carbocycles. The van der Waals surface area contributed by atoms with E-state index in [-0.39, 0.29) is 5.56 Å². The van der Waals surface area contributed by atoms with Crippen LogP contribution in [0.2, 0.25) is 0 Å². The van der Waals surface area contributed by atoms with Crippen LogP contribution in [0.15, 0.2) is 64.5 Å². The van der Waals surface area contributed by atoms with Crippen molar-refractivity contribution in [3.63, 3.8) is 0 Å². The summed E-state index contributed by atoms with van der Waals surface area (Å²) in [5, 5.41) is 9.60. The van der Waals surface area contributed by atoms with Gasteiger partial charge in [-0.3, -0.25) is 14.2 Å². The van der Waals surface area contributed by atoms with Gasteiger partial charge in [-0.2, -0.15) is 0 Å². The summed E-state index contributed by atoms with van der Waals surface area (Å²) in [6.45, 7) is 1.63. The largest absolute Gasteiger partial charge is 0.479 e. The van der Waals surface area contributed by atoms with E-state index >= 15 is 0 Å². The van der Waals surface area contributed by atoms with Gasteiger partial charge in [0.05, 0.1) is 0 Å². The third-order valence-corrected chi connectivity index (χ3v) is 4.86. The molecule has 3 aromatic rings. The maximum Gasteiger partial charge on any atom is 0.333 e. The van der Waals surface area contributed by atoms with Crippen LogP contribution in [0, 0.1) is 0 Å². The van der Waals surface area contributed by atoms with E-state index in [1.54, 1.807) is 42.6 Å². The van der Waals surface area contributed by atoms with Crippen LogP contribution < -0.4 is 10.5 Å². The molecular formula is C21H20N4O3. The number of rotatable bonds is 5. The molecule has 7 heteroatoms. The van der Waals surface area contributed by atoms with E-state index in [1.165, 1.54) is 10.6 Å². The van der Waals surface area contributed by atoms with Crippen molar-refractivity contribution < 1.29 is 9.90 Å². The number of aromatic nitrogens is 2. The molecular weight excluding hydrogens is 356 g/mol. The zero-order valence-electron chi connectivity index (χ0n) is 15.2. The van der Waals surface area contributed by atoms with Gasteiger partial charge in [0.2, 0.25) is 0 Å². The van der Waals surface area contributed by atoms with Gasteiger partial charge in [0.1, 0.15) is 17.0 Å². The molecule has 3 heterocycles. The first-order chi connectivity index (χ1) is 13.6. The minimum atomic E-state index is -1.08. The highest BCUT2D eigenvalue weighted by Gasteiger charge is 2.22. The number of hydrogen-bond donors (Lipinski definition) is 1. The molecule has 1 N–H and O–H groups in total. The van der Waals surface area contributed by atoms with E-state index in [1.807, 2.05) is 12.1 Å². The predicted molar refractivity (Wildman–Crippen MR) is 107 cm³/mol. The molecule has 0 unspecified atom stereocenters. The Kier molecular flexibility index (Phi) is 4.89. The number of carbonyl (C=O) groups is 1. The van der Waals surface area contributed by atoms with Gasteiger partial charge in [0, 0.05) is 25.5 Å². The van der Waals surface area contributed by atoms with Gasteiger partial charge in [0.15, 0.2) is 6.04 Å². The van der Waals surface area contributed by atoms with Gasteiger partial charge in [0.25, 0.3) is 5.56 Å². The van der Waals surface area contributed by atoms with Gasteiger partial charge in [-0.25, -0.2) is 9.78 Å². The number of benzene rings is 1. The zero-order valence-corrected chi connectivity index (χ0v) is 15.2. The second-order valence-corrected chi connectivity index (χ2v) is 6.71. The van der Waals surface area contributed by atoms with Gasteiger partial charge in [-0.05, 0) is 30.5 Å². The summed E-state index contributed by atoms with van der Waals surface area (Å²) in [7, 11) is 0. The van der Waals surface area contributed by atoms with E-state index < -0.39 is 12.0 Å². The van der Waals surface area contributed by atoms with E-state index in [9.17, 15) is 14.7 Å². The highest BCUT2D eigenvalue weighted by molar-refractivity contribution is 5.89. The van der Waals surface area contributed by atoms with E-state index in [4.69, 9.17) is 0 Å². The monoisotopic (exact) mass is 376 g/mol. The topological polar surface area (TPSA) is 87.3 Å². The van der Waals surface area contributed by atoms with Crippen molar-refractivity contribution in [1.29, 1.82) is 0 Å². The molecule has 1 aliphatic rings. The Balaban J connectivity index is 1.83. The molecule has 0 spiro atoms. The second-order valence-electron chi connectivity index (χ2n) is 6.71. The van der Waals surface area contributed by atoms with E-state index in [0.29, 0.717) is 22.6 Å². The molecule has 2 aromatic heterocycles. The third kappa shape index (κ3) is 3.38. The highest BCUT2D eigenvalue weighted by atomic mass is 16.4. The Morgan fingerprint density at radius 2 is 1.82 bits per heavy atom. The lowest BCUT2D eigenvalue weighted by Crippen LogP contribution is -2.28. The van der Waals surface area contributed by atoms with Crippen molar-refractivity contribution >= 4 is 23.6 Å². The van der Waals surface area contributed by atoms with E-state index in [0.717, 1.165) is 25.9 Å². The maximum absolute atomic E-state index is 13.1. The molecule has 142 valence electrons. The van der Waals surface area contributed by atoms with Crippen molar-refractivity contribution in [3.05, 3.63) is 76.2 Å². The number of aliphatic imine (C=N–C) groups is 1. The molecule has 1 aliphatic heterocycles. The fraction of sp³-hybridized carbons (Fsp3) is 0.238. The number of pyridine rings is 1. The quantitative estimate of drug-likeness (QED) is 0.692. The Bertz CT molecular complexity index is 1090. The molecule has 4 rings (SSSR count). The Morgan fingerprint density at radius 3 is 2.54 bits per heavy atom. The summed E-state index contributed by atoms with van der Waals surface area (Å²) in [4.78, 5) is 35.8.